The summed E-state index contributed by atoms with van der Waals surface area (Å²) in [4.78, 5) is 49.8. The van der Waals surface area contributed by atoms with Gasteiger partial charge in [-0.25, -0.2) is 4.79 Å². The van der Waals surface area contributed by atoms with Crippen molar-refractivity contribution in [1.82, 2.24) is 15.5 Å². The summed E-state index contributed by atoms with van der Waals surface area (Å²) in [7, 11) is 0. The quantitative estimate of drug-likeness (QED) is 0.0691. The van der Waals surface area contributed by atoms with Gasteiger partial charge in [0.1, 0.15) is 11.2 Å². The first kappa shape index (κ1) is 52.4. The second kappa shape index (κ2) is 32.2. The van der Waals surface area contributed by atoms with Gasteiger partial charge in [-0.2, -0.15) is 0 Å². The molecule has 1 aliphatic heterocycles. The van der Waals surface area contributed by atoms with Crippen molar-refractivity contribution in [3.05, 3.63) is 0 Å². The fourth-order valence-electron chi connectivity index (χ4n) is 5.27. The summed E-state index contributed by atoms with van der Waals surface area (Å²) < 4.78 is 54.9. The highest BCUT2D eigenvalue weighted by Gasteiger charge is 2.27. The van der Waals surface area contributed by atoms with E-state index in [1.165, 1.54) is 0 Å². The summed E-state index contributed by atoms with van der Waals surface area (Å²) in [6.45, 7) is 19.9. The molecule has 17 heteroatoms. The molecular formula is C40H75N3O14. The molecule has 0 aromatic heterocycles. The maximum absolute atomic E-state index is 13.1. The van der Waals surface area contributed by atoms with Crippen molar-refractivity contribution in [2.45, 2.75) is 117 Å². The van der Waals surface area contributed by atoms with E-state index in [1.807, 2.05) is 48.5 Å². The van der Waals surface area contributed by atoms with E-state index in [-0.39, 0.29) is 62.0 Å². The Morgan fingerprint density at radius 1 is 0.509 bits per heavy atom. The lowest BCUT2D eigenvalue weighted by Gasteiger charge is -2.23. The van der Waals surface area contributed by atoms with Crippen molar-refractivity contribution in [3.63, 3.8) is 0 Å². The zero-order valence-electron chi connectivity index (χ0n) is 36.0. The van der Waals surface area contributed by atoms with Crippen molar-refractivity contribution >= 4 is 23.9 Å². The van der Waals surface area contributed by atoms with E-state index in [0.29, 0.717) is 112 Å². The van der Waals surface area contributed by atoms with Crippen LogP contribution in [0.25, 0.3) is 0 Å². The Morgan fingerprint density at radius 3 is 1.23 bits per heavy atom. The topological polar surface area (TPSA) is 188 Å². The first-order chi connectivity index (χ1) is 27.2. The maximum atomic E-state index is 13.1. The van der Waals surface area contributed by atoms with Gasteiger partial charge in [0.15, 0.2) is 0 Å². The average Bonchev–Trinajstić information content (AvgIpc) is 3.44. The Morgan fingerprint density at radius 2 is 0.877 bits per heavy atom. The molecule has 2 unspecified atom stereocenters. The summed E-state index contributed by atoms with van der Waals surface area (Å²) in [6, 6.07) is 0.109. The molecule has 17 nitrogen and oxygen atoms in total. The Balaban J connectivity index is 2.17. The Kier molecular flexibility index (Phi) is 29.6. The molecule has 3 amide bonds. The van der Waals surface area contributed by atoms with E-state index in [4.69, 9.17) is 47.4 Å². The Bertz CT molecular complexity index is 1010. The molecule has 0 bridgehead atoms. The van der Waals surface area contributed by atoms with Crippen LogP contribution in [0.2, 0.25) is 0 Å². The van der Waals surface area contributed by atoms with Crippen LogP contribution in [0.3, 0.4) is 0 Å². The molecule has 2 N–H and O–H groups in total. The molecule has 1 saturated heterocycles. The minimum atomic E-state index is -0.501. The van der Waals surface area contributed by atoms with E-state index >= 15 is 0 Å². The summed E-state index contributed by atoms with van der Waals surface area (Å²) in [6.07, 6.45) is 4.31. The molecule has 2 atom stereocenters. The summed E-state index contributed by atoms with van der Waals surface area (Å²) in [5.74, 6) is -0.520. The third-order valence-corrected chi connectivity index (χ3v) is 8.02. The highest BCUT2D eigenvalue weighted by Crippen LogP contribution is 2.13. The third kappa shape index (κ3) is 32.9. The fourth-order valence-corrected chi connectivity index (χ4v) is 5.27. The number of amides is 3. The van der Waals surface area contributed by atoms with Crippen LogP contribution >= 0.6 is 0 Å². The van der Waals surface area contributed by atoms with Crippen molar-refractivity contribution < 1.29 is 66.5 Å². The molecule has 0 aromatic rings. The standard InChI is InChI=1S/C40H75N3O14/c1-33-34(42-38(47)41-33)11-9-8-10-12-35(44)43(15-19-50-23-27-54-31-29-52-25-21-48-17-13-36(45)56-39(2,3)4)16-20-51-24-28-55-32-30-53-26-22-49-18-14-37(46)57-40(5,6)7/h33-34H,8-32H2,1-7H3,(H2,41,42,47). The van der Waals surface area contributed by atoms with Crippen LogP contribution in [0.5, 0.6) is 0 Å². The number of urea groups is 1. The van der Waals surface area contributed by atoms with Crippen molar-refractivity contribution in [1.29, 1.82) is 0 Å². The molecule has 0 saturated carbocycles. The lowest BCUT2D eigenvalue weighted by Crippen LogP contribution is -2.37. The predicted octanol–water partition coefficient (Wildman–Crippen LogP) is 3.43. The zero-order valence-corrected chi connectivity index (χ0v) is 36.0. The normalized spacial score (nSPS) is 15.7. The van der Waals surface area contributed by atoms with Gasteiger partial charge in [-0.3, -0.25) is 14.4 Å². The highest BCUT2D eigenvalue weighted by atomic mass is 16.6. The number of ether oxygens (including phenoxy) is 10. The lowest BCUT2D eigenvalue weighted by molar-refractivity contribution is -0.157. The fraction of sp³-hybridized carbons (Fsp3) is 0.900. The number of esters is 2. The average molecular weight is 822 g/mol. The van der Waals surface area contributed by atoms with Crippen LogP contribution in [0, 0.1) is 0 Å². The maximum Gasteiger partial charge on any atom is 0.315 e. The number of carbonyl (C=O) groups is 4. The van der Waals surface area contributed by atoms with Crippen molar-refractivity contribution in [2.24, 2.45) is 0 Å². The molecule has 1 fully saturated rings. The largest absolute Gasteiger partial charge is 0.460 e. The second-order valence-electron chi connectivity index (χ2n) is 15.6. The molecule has 0 aromatic carbocycles. The molecule has 1 heterocycles. The SMILES string of the molecule is CC1NC(=O)NC1CCCCCC(=O)N(CCOCCOCCOCCOCCC(=O)OC(C)(C)C)CCOCCOCCOCCOCCC(=O)OC(C)(C)C. The van der Waals surface area contributed by atoms with E-state index in [9.17, 15) is 19.2 Å². The van der Waals surface area contributed by atoms with Crippen LogP contribution in [0.1, 0.15) is 93.4 Å². The molecule has 0 spiro atoms. The molecule has 0 aliphatic carbocycles. The Labute approximate surface area is 341 Å². The van der Waals surface area contributed by atoms with Gasteiger partial charge in [0.25, 0.3) is 0 Å². The number of rotatable bonds is 36. The van der Waals surface area contributed by atoms with Gasteiger partial charge in [0.05, 0.1) is 125 Å². The molecule has 1 rings (SSSR count). The first-order valence-electron chi connectivity index (χ1n) is 20.6. The van der Waals surface area contributed by atoms with Gasteiger partial charge < -0.3 is 62.9 Å². The van der Waals surface area contributed by atoms with Crippen molar-refractivity contribution in [3.8, 4) is 0 Å². The third-order valence-electron chi connectivity index (χ3n) is 8.02. The van der Waals surface area contributed by atoms with Gasteiger partial charge in [-0.15, -0.1) is 0 Å². The monoisotopic (exact) mass is 822 g/mol. The lowest BCUT2D eigenvalue weighted by atomic mass is 10.0. The number of hydrogen-bond acceptors (Lipinski definition) is 14. The highest BCUT2D eigenvalue weighted by molar-refractivity contribution is 5.77. The number of nitrogens with one attached hydrogen (secondary N) is 2. The second-order valence-corrected chi connectivity index (χ2v) is 15.6. The molecule has 1 aliphatic rings. The zero-order chi connectivity index (χ0) is 42.2. The number of hydrogen-bond donors (Lipinski definition) is 2. The minimum absolute atomic E-state index is 0.0517. The van der Waals surface area contributed by atoms with Gasteiger partial charge in [-0.05, 0) is 61.3 Å². The van der Waals surface area contributed by atoms with Crippen LogP contribution in [0.4, 0.5) is 4.79 Å². The van der Waals surface area contributed by atoms with Crippen LogP contribution < -0.4 is 10.6 Å². The molecule has 334 valence electrons. The van der Waals surface area contributed by atoms with E-state index in [2.05, 4.69) is 10.6 Å². The predicted molar refractivity (Wildman–Crippen MR) is 212 cm³/mol. The summed E-state index contributed by atoms with van der Waals surface area (Å²) in [5.41, 5.74) is -1.00. The van der Waals surface area contributed by atoms with Crippen LogP contribution in [-0.4, -0.2) is 171 Å². The van der Waals surface area contributed by atoms with Crippen LogP contribution in [0.15, 0.2) is 0 Å². The van der Waals surface area contributed by atoms with Gasteiger partial charge in [-0.1, -0.05) is 12.8 Å². The van der Waals surface area contributed by atoms with E-state index in [1.54, 1.807) is 4.90 Å². The molecule has 57 heavy (non-hydrogen) atoms. The number of carbonyl (C=O) groups excluding carboxylic acids is 4. The molecular weight excluding hydrogens is 746 g/mol. The van der Waals surface area contributed by atoms with Crippen LogP contribution in [-0.2, 0) is 61.8 Å². The summed E-state index contributed by atoms with van der Waals surface area (Å²) in [5, 5.41) is 5.80. The van der Waals surface area contributed by atoms with E-state index < -0.39 is 11.2 Å². The molecule has 0 radical (unpaired) electrons. The Hall–Kier alpha value is -2.64. The van der Waals surface area contributed by atoms with E-state index in [0.717, 1.165) is 25.7 Å². The number of unbranched alkanes of at least 4 members (excludes halogenated alkanes) is 2. The first-order valence-corrected chi connectivity index (χ1v) is 20.6. The number of nitrogens with zero attached hydrogens (tertiary/aromatic N) is 1. The van der Waals surface area contributed by atoms with Crippen molar-refractivity contribution in [2.75, 3.05) is 119 Å². The van der Waals surface area contributed by atoms with Gasteiger partial charge >= 0.3 is 18.0 Å². The smallest absolute Gasteiger partial charge is 0.315 e. The van der Waals surface area contributed by atoms with Gasteiger partial charge in [0, 0.05) is 25.6 Å². The summed E-state index contributed by atoms with van der Waals surface area (Å²) >= 11 is 0. The van der Waals surface area contributed by atoms with Gasteiger partial charge in [0.2, 0.25) is 5.91 Å². The minimum Gasteiger partial charge on any atom is -0.460 e.